The van der Waals surface area contributed by atoms with Gasteiger partial charge in [-0.1, -0.05) is 20.8 Å². The summed E-state index contributed by atoms with van der Waals surface area (Å²) < 4.78 is 1.84. The number of pyridine rings is 1. The fourth-order valence-electron chi connectivity index (χ4n) is 2.86. The quantitative estimate of drug-likeness (QED) is 0.878. The van der Waals surface area contributed by atoms with Crippen LogP contribution >= 0.6 is 0 Å². The first-order chi connectivity index (χ1) is 9.55. The van der Waals surface area contributed by atoms with Gasteiger partial charge in [0.05, 0.1) is 5.69 Å². The molecule has 2 heterocycles. The minimum Gasteiger partial charge on any atom is -0.307 e. The van der Waals surface area contributed by atoms with Crippen LogP contribution in [0.4, 0.5) is 0 Å². The van der Waals surface area contributed by atoms with Crippen molar-refractivity contribution < 1.29 is 0 Å². The average Bonchev–Trinajstić information content (AvgIpc) is 2.76. The minimum absolute atomic E-state index is 0.249. The SMILES string of the molecule is CCC(CC)(CC)NCc1cnc2c(c1)c(C)nn2C. The van der Waals surface area contributed by atoms with Gasteiger partial charge in [-0.05, 0) is 37.8 Å². The lowest BCUT2D eigenvalue weighted by atomic mass is 9.89. The standard InChI is InChI=1S/C16H26N4/c1-6-16(7-2,8-3)18-11-13-9-14-12(4)19-20(5)15(14)17-10-13/h9-10,18H,6-8,11H2,1-5H3. The molecule has 2 rings (SSSR count). The predicted molar refractivity (Wildman–Crippen MR) is 83.7 cm³/mol. The molecule has 0 aromatic carbocycles. The molecule has 1 N–H and O–H groups in total. The molecule has 0 saturated carbocycles. The third-order valence-corrected chi connectivity index (χ3v) is 4.62. The van der Waals surface area contributed by atoms with Gasteiger partial charge in [-0.25, -0.2) is 4.98 Å². The average molecular weight is 274 g/mol. The van der Waals surface area contributed by atoms with Gasteiger partial charge in [0.25, 0.3) is 0 Å². The molecule has 4 nitrogen and oxygen atoms in total. The van der Waals surface area contributed by atoms with Crippen LogP contribution in [0.2, 0.25) is 0 Å². The Labute approximate surface area is 121 Å². The van der Waals surface area contributed by atoms with Crippen LogP contribution in [0.5, 0.6) is 0 Å². The van der Waals surface area contributed by atoms with Crippen molar-refractivity contribution in [2.24, 2.45) is 7.05 Å². The Kier molecular flexibility index (Phi) is 4.43. The van der Waals surface area contributed by atoms with E-state index in [0.717, 1.165) is 42.5 Å². The van der Waals surface area contributed by atoms with Crippen LogP contribution in [0.3, 0.4) is 0 Å². The molecule has 2 aromatic rings. The maximum absolute atomic E-state index is 4.54. The van der Waals surface area contributed by atoms with Crippen molar-refractivity contribution in [3.63, 3.8) is 0 Å². The third kappa shape index (κ3) is 2.70. The van der Waals surface area contributed by atoms with Gasteiger partial charge in [-0.15, -0.1) is 0 Å². The smallest absolute Gasteiger partial charge is 0.157 e. The molecule has 0 aliphatic rings. The lowest BCUT2D eigenvalue weighted by Gasteiger charge is -2.32. The van der Waals surface area contributed by atoms with E-state index in [0.29, 0.717) is 0 Å². The lowest BCUT2D eigenvalue weighted by Crippen LogP contribution is -2.43. The Morgan fingerprint density at radius 1 is 1.20 bits per heavy atom. The number of nitrogens with one attached hydrogen (secondary N) is 1. The summed E-state index contributed by atoms with van der Waals surface area (Å²) >= 11 is 0. The molecule has 20 heavy (non-hydrogen) atoms. The van der Waals surface area contributed by atoms with Crippen LogP contribution in [0.15, 0.2) is 12.3 Å². The molecule has 4 heteroatoms. The van der Waals surface area contributed by atoms with Gasteiger partial charge in [-0.2, -0.15) is 5.10 Å². The van der Waals surface area contributed by atoms with E-state index in [-0.39, 0.29) is 5.54 Å². The molecule has 0 aliphatic heterocycles. The predicted octanol–water partition coefficient (Wildman–Crippen LogP) is 3.34. The number of fused-ring (bicyclic) bond motifs is 1. The van der Waals surface area contributed by atoms with Crippen molar-refractivity contribution in [1.82, 2.24) is 20.1 Å². The topological polar surface area (TPSA) is 42.7 Å². The van der Waals surface area contributed by atoms with Crippen LogP contribution in [0.1, 0.15) is 51.3 Å². The van der Waals surface area contributed by atoms with Crippen LogP contribution < -0.4 is 5.32 Å². The highest BCUT2D eigenvalue weighted by molar-refractivity contribution is 5.78. The fraction of sp³-hybridized carbons (Fsp3) is 0.625. The monoisotopic (exact) mass is 274 g/mol. The summed E-state index contributed by atoms with van der Waals surface area (Å²) in [6.45, 7) is 9.68. The first-order valence-electron chi connectivity index (χ1n) is 7.58. The maximum Gasteiger partial charge on any atom is 0.157 e. The zero-order chi connectivity index (χ0) is 14.8. The van der Waals surface area contributed by atoms with Crippen LogP contribution in [0.25, 0.3) is 11.0 Å². The molecule has 0 amide bonds. The van der Waals surface area contributed by atoms with Crippen molar-refractivity contribution in [2.45, 2.75) is 59.0 Å². The number of nitrogens with zero attached hydrogens (tertiary/aromatic N) is 3. The molecule has 0 fully saturated rings. The second-order valence-electron chi connectivity index (χ2n) is 5.62. The van der Waals surface area contributed by atoms with E-state index in [4.69, 9.17) is 0 Å². The molecule has 2 aromatic heterocycles. The van der Waals surface area contributed by atoms with Crippen LogP contribution in [-0.4, -0.2) is 20.3 Å². The summed E-state index contributed by atoms with van der Waals surface area (Å²) in [5.41, 5.74) is 3.48. The number of hydrogen-bond donors (Lipinski definition) is 1. The highest BCUT2D eigenvalue weighted by atomic mass is 15.3. The Hall–Kier alpha value is -1.42. The highest BCUT2D eigenvalue weighted by Gasteiger charge is 2.22. The number of rotatable bonds is 6. The molecule has 0 spiro atoms. The van der Waals surface area contributed by atoms with Gasteiger partial charge in [0.15, 0.2) is 5.65 Å². The van der Waals surface area contributed by atoms with Gasteiger partial charge in [0.2, 0.25) is 0 Å². The van der Waals surface area contributed by atoms with Gasteiger partial charge in [-0.3, -0.25) is 4.68 Å². The largest absolute Gasteiger partial charge is 0.307 e. The van der Waals surface area contributed by atoms with E-state index in [2.05, 4.69) is 42.2 Å². The summed E-state index contributed by atoms with van der Waals surface area (Å²) in [6.07, 6.45) is 5.42. The summed E-state index contributed by atoms with van der Waals surface area (Å²) in [6, 6.07) is 2.21. The van der Waals surface area contributed by atoms with E-state index >= 15 is 0 Å². The Morgan fingerprint density at radius 2 is 1.85 bits per heavy atom. The van der Waals surface area contributed by atoms with Crippen molar-refractivity contribution >= 4 is 11.0 Å². The minimum atomic E-state index is 0.249. The number of aryl methyl sites for hydroxylation is 2. The Balaban J connectivity index is 2.20. The van der Waals surface area contributed by atoms with Crippen molar-refractivity contribution in [1.29, 1.82) is 0 Å². The third-order valence-electron chi connectivity index (χ3n) is 4.62. The van der Waals surface area contributed by atoms with E-state index in [1.165, 1.54) is 5.56 Å². The van der Waals surface area contributed by atoms with Gasteiger partial charge in [0, 0.05) is 30.7 Å². The maximum atomic E-state index is 4.54. The summed E-state index contributed by atoms with van der Waals surface area (Å²) in [4.78, 5) is 4.54. The molecule has 0 unspecified atom stereocenters. The summed E-state index contributed by atoms with van der Waals surface area (Å²) in [7, 11) is 1.94. The zero-order valence-corrected chi connectivity index (χ0v) is 13.3. The molecule has 0 atom stereocenters. The molecule has 0 aliphatic carbocycles. The first-order valence-corrected chi connectivity index (χ1v) is 7.58. The highest BCUT2D eigenvalue weighted by Crippen LogP contribution is 2.21. The zero-order valence-electron chi connectivity index (χ0n) is 13.3. The summed E-state index contributed by atoms with van der Waals surface area (Å²) in [5, 5.41) is 9.30. The molecule has 0 saturated heterocycles. The molecule has 110 valence electrons. The van der Waals surface area contributed by atoms with Crippen LogP contribution in [-0.2, 0) is 13.6 Å². The summed E-state index contributed by atoms with van der Waals surface area (Å²) in [5.74, 6) is 0. The first kappa shape index (κ1) is 15.0. The van der Waals surface area contributed by atoms with Crippen molar-refractivity contribution in [2.75, 3.05) is 0 Å². The number of aromatic nitrogens is 3. The second-order valence-corrected chi connectivity index (χ2v) is 5.62. The van der Waals surface area contributed by atoms with Crippen molar-refractivity contribution in [3.8, 4) is 0 Å². The lowest BCUT2D eigenvalue weighted by molar-refractivity contribution is 0.288. The second kappa shape index (κ2) is 5.92. The fourth-order valence-corrected chi connectivity index (χ4v) is 2.86. The number of hydrogen-bond acceptors (Lipinski definition) is 3. The van der Waals surface area contributed by atoms with E-state index in [1.54, 1.807) is 0 Å². The van der Waals surface area contributed by atoms with Gasteiger partial charge >= 0.3 is 0 Å². The van der Waals surface area contributed by atoms with Gasteiger partial charge < -0.3 is 5.32 Å². The molecular weight excluding hydrogens is 248 g/mol. The Morgan fingerprint density at radius 3 is 2.45 bits per heavy atom. The van der Waals surface area contributed by atoms with E-state index in [9.17, 15) is 0 Å². The normalized spacial score (nSPS) is 12.2. The Bertz CT molecular complexity index is 573. The molecular formula is C16H26N4. The van der Waals surface area contributed by atoms with E-state index in [1.807, 2.05) is 24.9 Å². The van der Waals surface area contributed by atoms with Crippen molar-refractivity contribution in [3.05, 3.63) is 23.5 Å². The van der Waals surface area contributed by atoms with Crippen LogP contribution in [0, 0.1) is 6.92 Å². The van der Waals surface area contributed by atoms with Gasteiger partial charge in [0.1, 0.15) is 0 Å². The van der Waals surface area contributed by atoms with E-state index < -0.39 is 0 Å². The molecule has 0 bridgehead atoms. The molecule has 0 radical (unpaired) electrons.